The maximum atomic E-state index is 2.55. The van der Waals surface area contributed by atoms with Gasteiger partial charge in [-0.15, -0.1) is 0 Å². The smallest absolute Gasteiger partial charge is 0.00967 e. The van der Waals surface area contributed by atoms with Gasteiger partial charge in [0.15, 0.2) is 0 Å². The minimum atomic E-state index is 0.777. The molecule has 0 bridgehead atoms. The van der Waals surface area contributed by atoms with Gasteiger partial charge in [-0.3, -0.25) is 0 Å². The molecule has 3 aliphatic carbocycles. The van der Waals surface area contributed by atoms with Gasteiger partial charge in [-0.1, -0.05) is 81.0 Å². The standard InChI is InChI=1S/C29H34/c1-21-12-17-27(26-15-13-25(14-16-26)24-10-6-3-7-11-24)29-20-23(19-28(21)29)18-22-8-4-2-5-9-22/h12-20,22,24H,2-11H2,1H3. The molecule has 0 unspecified atom stereocenters. The van der Waals surface area contributed by atoms with Crippen molar-refractivity contribution in [3.8, 4) is 11.1 Å². The second-order valence-corrected chi connectivity index (χ2v) is 9.57. The number of benzene rings is 2. The Balaban J connectivity index is 1.47. The van der Waals surface area contributed by atoms with Crippen molar-refractivity contribution in [2.75, 3.05) is 0 Å². The van der Waals surface area contributed by atoms with Crippen molar-refractivity contribution in [2.24, 2.45) is 5.92 Å². The van der Waals surface area contributed by atoms with Crippen LogP contribution in [0.25, 0.3) is 23.3 Å². The third kappa shape index (κ3) is 4.00. The Morgan fingerprint density at radius 3 is 2.07 bits per heavy atom. The van der Waals surface area contributed by atoms with Crippen molar-refractivity contribution in [3.05, 3.63) is 69.6 Å². The minimum Gasteiger partial charge on any atom is -0.0741 e. The molecule has 0 radical (unpaired) electrons. The summed E-state index contributed by atoms with van der Waals surface area (Å²) < 4.78 is 0. The molecule has 2 aromatic rings. The van der Waals surface area contributed by atoms with Crippen LogP contribution in [0.15, 0.2) is 48.0 Å². The molecule has 0 atom stereocenters. The first kappa shape index (κ1) is 18.9. The molecule has 0 heteroatoms. The topological polar surface area (TPSA) is 0 Å². The van der Waals surface area contributed by atoms with E-state index in [0.29, 0.717) is 0 Å². The molecule has 0 spiro atoms. The Bertz CT molecular complexity index is 1010. The number of hydrogen-bond donors (Lipinski definition) is 0. The molecule has 0 nitrogen and oxygen atoms in total. The van der Waals surface area contributed by atoms with Crippen molar-refractivity contribution >= 4 is 12.2 Å². The normalized spacial score (nSPS) is 21.6. The molecule has 0 amide bonds. The Hall–Kier alpha value is -2.08. The minimum absolute atomic E-state index is 0.777. The molecular formula is C29H34. The van der Waals surface area contributed by atoms with Crippen LogP contribution in [-0.4, -0.2) is 0 Å². The molecule has 0 N–H and O–H groups in total. The Morgan fingerprint density at radius 1 is 0.690 bits per heavy atom. The van der Waals surface area contributed by atoms with E-state index in [1.807, 2.05) is 0 Å². The van der Waals surface area contributed by atoms with Crippen LogP contribution in [-0.2, 0) is 0 Å². The average molecular weight is 383 g/mol. The van der Waals surface area contributed by atoms with Gasteiger partial charge in [0, 0.05) is 0 Å². The van der Waals surface area contributed by atoms with Gasteiger partial charge >= 0.3 is 0 Å². The molecule has 29 heavy (non-hydrogen) atoms. The van der Waals surface area contributed by atoms with Crippen molar-refractivity contribution in [1.82, 2.24) is 0 Å². The van der Waals surface area contributed by atoms with Crippen LogP contribution >= 0.6 is 0 Å². The second-order valence-electron chi connectivity index (χ2n) is 9.57. The molecule has 5 rings (SSSR count). The van der Waals surface area contributed by atoms with E-state index in [9.17, 15) is 0 Å². The number of fused-ring (bicyclic) bond motifs is 1. The van der Waals surface area contributed by atoms with Gasteiger partial charge in [0.25, 0.3) is 0 Å². The number of hydrogen-bond acceptors (Lipinski definition) is 0. The summed E-state index contributed by atoms with van der Waals surface area (Å²) in [4.78, 5) is 0. The molecule has 150 valence electrons. The quantitative estimate of drug-likeness (QED) is 0.548. The Kier molecular flexibility index (Phi) is 5.44. The fourth-order valence-electron chi connectivity index (χ4n) is 5.76. The van der Waals surface area contributed by atoms with Crippen LogP contribution in [0.1, 0.15) is 81.3 Å². The number of aryl methyl sites for hydroxylation is 1. The predicted molar refractivity (Wildman–Crippen MR) is 125 cm³/mol. The molecule has 3 aliphatic rings. The summed E-state index contributed by atoms with van der Waals surface area (Å²) in [5.41, 5.74) is 7.13. The lowest BCUT2D eigenvalue weighted by atomic mass is 9.83. The van der Waals surface area contributed by atoms with Crippen LogP contribution in [0.3, 0.4) is 0 Å². The third-order valence-corrected chi connectivity index (χ3v) is 7.50. The molecule has 2 saturated carbocycles. The highest BCUT2D eigenvalue weighted by Crippen LogP contribution is 2.33. The summed E-state index contributed by atoms with van der Waals surface area (Å²) >= 11 is 0. The highest BCUT2D eigenvalue weighted by molar-refractivity contribution is 5.78. The zero-order chi connectivity index (χ0) is 19.6. The zero-order valence-corrected chi connectivity index (χ0v) is 17.9. The summed E-state index contributed by atoms with van der Waals surface area (Å²) in [6, 6.07) is 14.2. The highest BCUT2D eigenvalue weighted by Gasteiger charge is 2.16. The van der Waals surface area contributed by atoms with Crippen molar-refractivity contribution < 1.29 is 0 Å². The van der Waals surface area contributed by atoms with Crippen LogP contribution in [0.4, 0.5) is 0 Å². The SMILES string of the molecule is Cc1ccc(-c2ccc(C3CCCCC3)cc2)c2c1=CC(=CC1CCCCC1)C=2. The Morgan fingerprint density at radius 2 is 1.34 bits per heavy atom. The summed E-state index contributed by atoms with van der Waals surface area (Å²) in [6.07, 6.45) is 21.4. The summed E-state index contributed by atoms with van der Waals surface area (Å²) in [7, 11) is 0. The van der Waals surface area contributed by atoms with E-state index in [-0.39, 0.29) is 0 Å². The van der Waals surface area contributed by atoms with Gasteiger partial charge in [-0.25, -0.2) is 0 Å². The molecule has 0 aliphatic heterocycles. The van der Waals surface area contributed by atoms with Crippen LogP contribution in [0, 0.1) is 12.8 Å². The monoisotopic (exact) mass is 382 g/mol. The van der Waals surface area contributed by atoms with Crippen molar-refractivity contribution in [2.45, 2.75) is 77.0 Å². The summed E-state index contributed by atoms with van der Waals surface area (Å²) in [6.45, 7) is 2.25. The lowest BCUT2D eigenvalue weighted by Crippen LogP contribution is -2.26. The number of allylic oxidation sites excluding steroid dienone is 2. The maximum absolute atomic E-state index is 2.55. The molecule has 0 aromatic heterocycles. The predicted octanol–water partition coefficient (Wildman–Crippen LogP) is 6.79. The van der Waals surface area contributed by atoms with Gasteiger partial charge in [-0.2, -0.15) is 0 Å². The van der Waals surface area contributed by atoms with Gasteiger partial charge in [0.1, 0.15) is 0 Å². The lowest BCUT2D eigenvalue weighted by molar-refractivity contribution is 0.419. The Labute approximate surface area is 176 Å². The van der Waals surface area contributed by atoms with Crippen LogP contribution < -0.4 is 10.4 Å². The van der Waals surface area contributed by atoms with Crippen LogP contribution in [0.5, 0.6) is 0 Å². The van der Waals surface area contributed by atoms with E-state index in [0.717, 1.165) is 11.8 Å². The third-order valence-electron chi connectivity index (χ3n) is 7.50. The molecular weight excluding hydrogens is 348 g/mol. The van der Waals surface area contributed by atoms with Gasteiger partial charge < -0.3 is 0 Å². The molecule has 2 fully saturated rings. The highest BCUT2D eigenvalue weighted by atomic mass is 14.2. The first-order valence-corrected chi connectivity index (χ1v) is 11.9. The van der Waals surface area contributed by atoms with E-state index < -0.39 is 0 Å². The van der Waals surface area contributed by atoms with E-state index in [2.05, 4.69) is 61.5 Å². The fraction of sp³-hybridized carbons (Fsp3) is 0.448. The van der Waals surface area contributed by atoms with Gasteiger partial charge in [0.2, 0.25) is 0 Å². The van der Waals surface area contributed by atoms with Crippen molar-refractivity contribution in [3.63, 3.8) is 0 Å². The van der Waals surface area contributed by atoms with E-state index >= 15 is 0 Å². The molecule has 0 saturated heterocycles. The second kappa shape index (κ2) is 8.34. The maximum Gasteiger partial charge on any atom is -0.00967 e. The van der Waals surface area contributed by atoms with E-state index in [4.69, 9.17) is 0 Å². The first-order valence-electron chi connectivity index (χ1n) is 11.9. The first-order chi connectivity index (χ1) is 14.3. The van der Waals surface area contributed by atoms with E-state index in [1.54, 1.807) is 5.56 Å². The van der Waals surface area contributed by atoms with Gasteiger partial charge in [0.05, 0.1) is 0 Å². The summed E-state index contributed by atoms with van der Waals surface area (Å²) in [5, 5.41) is 2.86. The summed E-state index contributed by atoms with van der Waals surface area (Å²) in [5.74, 6) is 1.56. The molecule has 2 aromatic carbocycles. The average Bonchev–Trinajstić information content (AvgIpc) is 3.20. The van der Waals surface area contributed by atoms with Crippen molar-refractivity contribution in [1.29, 1.82) is 0 Å². The fourth-order valence-corrected chi connectivity index (χ4v) is 5.76. The number of rotatable bonds is 3. The van der Waals surface area contributed by atoms with E-state index in [1.165, 1.54) is 96.9 Å². The largest absolute Gasteiger partial charge is 0.0741 e. The zero-order valence-electron chi connectivity index (χ0n) is 17.9. The molecule has 0 heterocycles. The van der Waals surface area contributed by atoms with Gasteiger partial charge in [-0.05, 0) is 94.9 Å². The van der Waals surface area contributed by atoms with Crippen LogP contribution in [0.2, 0.25) is 0 Å². The lowest BCUT2D eigenvalue weighted by Gasteiger charge is -2.22.